The Morgan fingerprint density at radius 3 is 2.44 bits per heavy atom. The Hall–Kier alpha value is -0.120. The maximum Gasteiger partial charge on any atom is 0.0229 e. The lowest BCUT2D eigenvalue weighted by Gasteiger charge is -2.29. The predicted molar refractivity (Wildman–Crippen MR) is 70.6 cm³/mol. The van der Waals surface area contributed by atoms with Crippen LogP contribution in [0, 0.1) is 5.41 Å². The quantitative estimate of drug-likeness (QED) is 0.788. The smallest absolute Gasteiger partial charge is 0.0229 e. The zero-order valence-electron chi connectivity index (χ0n) is 11.7. The van der Waals surface area contributed by atoms with E-state index in [1.807, 2.05) is 0 Å². The number of hydrogen-bond donors (Lipinski definition) is 1. The molecule has 2 N–H and O–H groups in total. The van der Waals surface area contributed by atoms with E-state index in [9.17, 15) is 0 Å². The Kier molecular flexibility index (Phi) is 4.77. The molecule has 16 heavy (non-hydrogen) atoms. The molecule has 3 heteroatoms. The van der Waals surface area contributed by atoms with Gasteiger partial charge in [-0.1, -0.05) is 20.8 Å². The van der Waals surface area contributed by atoms with Gasteiger partial charge < -0.3 is 15.5 Å². The van der Waals surface area contributed by atoms with E-state index in [2.05, 4.69) is 44.7 Å². The number of nitrogens with zero attached hydrogens (tertiary/aromatic N) is 2. The largest absolute Gasteiger partial charge is 0.327 e. The van der Waals surface area contributed by atoms with Crippen molar-refractivity contribution in [3.8, 4) is 0 Å². The van der Waals surface area contributed by atoms with Gasteiger partial charge in [0.25, 0.3) is 0 Å². The minimum Gasteiger partial charge on any atom is -0.327 e. The summed E-state index contributed by atoms with van der Waals surface area (Å²) in [6.07, 6.45) is 2.42. The molecule has 0 aromatic carbocycles. The average Bonchev–Trinajstić information content (AvgIpc) is 2.60. The van der Waals surface area contributed by atoms with Crippen LogP contribution in [0.15, 0.2) is 0 Å². The first-order valence-corrected chi connectivity index (χ1v) is 6.45. The molecular weight excluding hydrogens is 198 g/mol. The van der Waals surface area contributed by atoms with Gasteiger partial charge in [0.2, 0.25) is 0 Å². The van der Waals surface area contributed by atoms with Crippen molar-refractivity contribution in [1.29, 1.82) is 0 Å². The van der Waals surface area contributed by atoms with Crippen molar-refractivity contribution in [1.82, 2.24) is 9.80 Å². The summed E-state index contributed by atoms with van der Waals surface area (Å²) in [5.74, 6) is 0. The molecular formula is C13H29N3. The van der Waals surface area contributed by atoms with Crippen molar-refractivity contribution in [3.63, 3.8) is 0 Å². The molecule has 0 spiro atoms. The molecule has 0 aliphatic carbocycles. The summed E-state index contributed by atoms with van der Waals surface area (Å²) in [6, 6.07) is 1.05. The molecule has 2 unspecified atom stereocenters. The fourth-order valence-corrected chi connectivity index (χ4v) is 2.19. The molecule has 0 radical (unpaired) electrons. The molecule has 3 nitrogen and oxygen atoms in total. The molecule has 2 atom stereocenters. The molecule has 0 amide bonds. The van der Waals surface area contributed by atoms with E-state index in [1.165, 1.54) is 19.5 Å². The van der Waals surface area contributed by atoms with Crippen LogP contribution in [-0.2, 0) is 0 Å². The van der Waals surface area contributed by atoms with Crippen molar-refractivity contribution < 1.29 is 0 Å². The lowest BCUT2D eigenvalue weighted by atomic mass is 9.85. The average molecular weight is 227 g/mol. The highest BCUT2D eigenvalue weighted by atomic mass is 15.2. The Morgan fingerprint density at radius 1 is 1.38 bits per heavy atom. The van der Waals surface area contributed by atoms with Gasteiger partial charge >= 0.3 is 0 Å². The van der Waals surface area contributed by atoms with Gasteiger partial charge in [0.15, 0.2) is 0 Å². The maximum atomic E-state index is 6.19. The predicted octanol–water partition coefficient (Wildman–Crippen LogP) is 1.39. The van der Waals surface area contributed by atoms with E-state index in [1.54, 1.807) is 0 Å². The van der Waals surface area contributed by atoms with Crippen molar-refractivity contribution in [2.45, 2.75) is 45.7 Å². The van der Waals surface area contributed by atoms with Gasteiger partial charge in [0.1, 0.15) is 0 Å². The third-order valence-electron chi connectivity index (χ3n) is 3.85. The number of rotatable bonds is 4. The van der Waals surface area contributed by atoms with Crippen LogP contribution in [0.4, 0.5) is 0 Å². The fraction of sp³-hybridized carbons (Fsp3) is 1.00. The summed E-state index contributed by atoms with van der Waals surface area (Å²) in [7, 11) is 4.35. The van der Waals surface area contributed by atoms with E-state index >= 15 is 0 Å². The molecule has 96 valence electrons. The lowest BCUT2D eigenvalue weighted by molar-refractivity contribution is 0.237. The molecule has 1 heterocycles. The first kappa shape index (κ1) is 13.9. The van der Waals surface area contributed by atoms with Crippen LogP contribution in [0.5, 0.6) is 0 Å². The number of likely N-dealkylation sites (tertiary alicyclic amines) is 1. The van der Waals surface area contributed by atoms with Crippen LogP contribution in [0.3, 0.4) is 0 Å². The molecule has 0 aromatic heterocycles. The van der Waals surface area contributed by atoms with Crippen LogP contribution in [0.25, 0.3) is 0 Å². The molecule has 1 aliphatic heterocycles. The van der Waals surface area contributed by atoms with Crippen molar-refractivity contribution in [2.75, 3.05) is 33.7 Å². The first-order chi connectivity index (χ1) is 7.30. The van der Waals surface area contributed by atoms with Crippen molar-refractivity contribution >= 4 is 0 Å². The standard InChI is InChI=1S/C13H29N3/c1-13(2,3)12(14)7-9-16-8-6-11(10-16)15(4)5/h11-12H,6-10,14H2,1-5H3. The number of nitrogens with two attached hydrogens (primary N) is 1. The van der Waals surface area contributed by atoms with Crippen LogP contribution in [-0.4, -0.2) is 55.6 Å². The van der Waals surface area contributed by atoms with Crippen molar-refractivity contribution in [2.24, 2.45) is 11.1 Å². The van der Waals surface area contributed by atoms with E-state index in [0.717, 1.165) is 19.0 Å². The van der Waals surface area contributed by atoms with E-state index in [4.69, 9.17) is 5.73 Å². The zero-order valence-corrected chi connectivity index (χ0v) is 11.7. The van der Waals surface area contributed by atoms with Crippen LogP contribution in [0.2, 0.25) is 0 Å². The van der Waals surface area contributed by atoms with Crippen molar-refractivity contribution in [3.05, 3.63) is 0 Å². The minimum atomic E-state index is 0.237. The zero-order chi connectivity index (χ0) is 12.3. The van der Waals surface area contributed by atoms with Gasteiger partial charge in [-0.25, -0.2) is 0 Å². The van der Waals surface area contributed by atoms with Gasteiger partial charge in [-0.15, -0.1) is 0 Å². The molecule has 1 fully saturated rings. The maximum absolute atomic E-state index is 6.19. The van der Waals surface area contributed by atoms with E-state index in [0.29, 0.717) is 6.04 Å². The Labute approximate surface area is 101 Å². The Morgan fingerprint density at radius 2 is 2.00 bits per heavy atom. The van der Waals surface area contributed by atoms with Crippen LogP contribution < -0.4 is 5.73 Å². The summed E-state index contributed by atoms with van der Waals surface area (Å²) < 4.78 is 0. The third-order valence-corrected chi connectivity index (χ3v) is 3.85. The highest BCUT2D eigenvalue weighted by Crippen LogP contribution is 2.21. The number of hydrogen-bond acceptors (Lipinski definition) is 3. The normalized spacial score (nSPS) is 25.3. The first-order valence-electron chi connectivity index (χ1n) is 6.45. The van der Waals surface area contributed by atoms with E-state index in [-0.39, 0.29) is 5.41 Å². The van der Waals surface area contributed by atoms with Gasteiger partial charge in [0.05, 0.1) is 0 Å². The number of likely N-dealkylation sites (N-methyl/N-ethyl adjacent to an activating group) is 1. The summed E-state index contributed by atoms with van der Waals surface area (Å²) >= 11 is 0. The highest BCUT2D eigenvalue weighted by molar-refractivity contribution is 4.83. The third kappa shape index (κ3) is 4.04. The molecule has 1 rings (SSSR count). The van der Waals surface area contributed by atoms with Gasteiger partial charge in [-0.3, -0.25) is 0 Å². The fourth-order valence-electron chi connectivity index (χ4n) is 2.19. The second kappa shape index (κ2) is 5.48. The summed E-state index contributed by atoms with van der Waals surface area (Å²) in [6.45, 7) is 10.3. The molecule has 1 saturated heterocycles. The van der Waals surface area contributed by atoms with Gasteiger partial charge in [-0.05, 0) is 45.4 Å². The topological polar surface area (TPSA) is 32.5 Å². The minimum absolute atomic E-state index is 0.237. The Balaban J connectivity index is 2.25. The summed E-state index contributed by atoms with van der Waals surface area (Å²) in [4.78, 5) is 4.89. The van der Waals surface area contributed by atoms with Gasteiger partial charge in [-0.2, -0.15) is 0 Å². The van der Waals surface area contributed by atoms with E-state index < -0.39 is 0 Å². The van der Waals surface area contributed by atoms with Crippen LogP contribution in [0.1, 0.15) is 33.6 Å². The molecule has 0 saturated carbocycles. The monoisotopic (exact) mass is 227 g/mol. The highest BCUT2D eigenvalue weighted by Gasteiger charge is 2.26. The molecule has 0 aromatic rings. The summed E-state index contributed by atoms with van der Waals surface area (Å²) in [5, 5.41) is 0. The second-order valence-corrected chi connectivity index (χ2v) is 6.47. The summed E-state index contributed by atoms with van der Waals surface area (Å²) in [5.41, 5.74) is 6.42. The SMILES string of the molecule is CN(C)C1CCN(CCC(N)C(C)(C)C)C1. The van der Waals surface area contributed by atoms with Gasteiger partial charge in [0, 0.05) is 18.6 Å². The second-order valence-electron chi connectivity index (χ2n) is 6.47. The molecule has 0 bridgehead atoms. The Bertz CT molecular complexity index is 208. The van der Waals surface area contributed by atoms with Crippen LogP contribution >= 0.6 is 0 Å². The lowest BCUT2D eigenvalue weighted by Crippen LogP contribution is -2.39. The molecule has 1 aliphatic rings.